The van der Waals surface area contributed by atoms with Crippen LogP contribution in [0.2, 0.25) is 0 Å². The molecule has 0 radical (unpaired) electrons. The molecule has 0 amide bonds. The Morgan fingerprint density at radius 3 is 2.79 bits per heavy atom. The summed E-state index contributed by atoms with van der Waals surface area (Å²) in [4.78, 5) is 20.1. The Hall–Kier alpha value is -2.49. The van der Waals surface area contributed by atoms with Crippen LogP contribution in [0, 0.1) is 0 Å². The van der Waals surface area contributed by atoms with Gasteiger partial charge in [-0.1, -0.05) is 6.07 Å². The number of hydrogen-bond donors (Lipinski definition) is 0. The third kappa shape index (κ3) is 3.23. The molecule has 24 heavy (non-hydrogen) atoms. The van der Waals surface area contributed by atoms with Crippen LogP contribution in [0.3, 0.4) is 0 Å². The molecule has 0 aliphatic carbocycles. The molecule has 10 heteroatoms. The molecule has 0 aliphatic rings. The van der Waals surface area contributed by atoms with Crippen molar-refractivity contribution in [1.82, 2.24) is 19.6 Å². The third-order valence-corrected chi connectivity index (χ3v) is 3.92. The van der Waals surface area contributed by atoms with Gasteiger partial charge in [-0.25, -0.2) is 4.98 Å². The summed E-state index contributed by atoms with van der Waals surface area (Å²) in [5, 5.41) is 5.49. The molecule has 0 fully saturated rings. The first-order valence-corrected chi connectivity index (χ1v) is 7.80. The molecule has 6 nitrogen and oxygen atoms in total. The molecule has 0 spiro atoms. The zero-order chi connectivity index (χ0) is 17.3. The fraction of sp³-hybridized carbons (Fsp3) is 0.286. The topological polar surface area (TPSA) is 69.4 Å². The van der Waals surface area contributed by atoms with E-state index in [0.29, 0.717) is 9.39 Å². The molecule has 3 heterocycles. The monoisotopic (exact) mass is 356 g/mol. The number of halogens is 3. The number of carbonyl (C=O) groups excluding carboxylic acids is 1. The first-order valence-electron chi connectivity index (χ1n) is 6.92. The van der Waals surface area contributed by atoms with E-state index in [1.54, 1.807) is 24.4 Å². The van der Waals surface area contributed by atoms with Crippen molar-refractivity contribution < 1.29 is 22.7 Å². The van der Waals surface area contributed by atoms with Gasteiger partial charge < -0.3 is 4.74 Å². The number of hydrogen-bond acceptors (Lipinski definition) is 6. The van der Waals surface area contributed by atoms with Gasteiger partial charge in [-0.05, 0) is 24.4 Å². The Labute approximate surface area is 137 Å². The summed E-state index contributed by atoms with van der Waals surface area (Å²) in [5.74, 6) is -0.900. The van der Waals surface area contributed by atoms with Gasteiger partial charge in [0.1, 0.15) is 6.42 Å². The summed E-state index contributed by atoms with van der Waals surface area (Å²) in [6.45, 7) is 1.80. The SMILES string of the molecule is CCOC(=O)Cc1nc2nc(-c3cccs3)cc(C(F)(F)F)n2n1. The van der Waals surface area contributed by atoms with E-state index in [2.05, 4.69) is 15.1 Å². The maximum atomic E-state index is 13.3. The highest BCUT2D eigenvalue weighted by atomic mass is 32.1. The number of fused-ring (bicyclic) bond motifs is 1. The molecule has 0 saturated carbocycles. The van der Waals surface area contributed by atoms with Crippen LogP contribution in [-0.4, -0.2) is 32.2 Å². The van der Waals surface area contributed by atoms with Crippen LogP contribution in [0.15, 0.2) is 23.6 Å². The Balaban J connectivity index is 2.11. The Morgan fingerprint density at radius 1 is 1.38 bits per heavy atom. The second-order valence-corrected chi connectivity index (χ2v) is 5.67. The molecular weight excluding hydrogens is 345 g/mol. The number of rotatable bonds is 4. The Morgan fingerprint density at radius 2 is 2.17 bits per heavy atom. The largest absolute Gasteiger partial charge is 0.466 e. The van der Waals surface area contributed by atoms with Gasteiger partial charge in [0.05, 0.1) is 17.2 Å². The molecule has 0 atom stereocenters. The number of thiophene rings is 1. The van der Waals surface area contributed by atoms with Gasteiger partial charge >= 0.3 is 12.1 Å². The standard InChI is InChI=1S/C14H11F3N4O2S/c1-2-23-12(22)7-11-19-13-18-8(9-4-3-5-24-9)6-10(14(15,16)17)21(13)20-11/h3-6H,2,7H2,1H3. The smallest absolute Gasteiger partial charge is 0.433 e. The zero-order valence-corrected chi connectivity index (χ0v) is 13.2. The number of esters is 1. The summed E-state index contributed by atoms with van der Waals surface area (Å²) in [5.41, 5.74) is -0.849. The molecule has 0 bridgehead atoms. The van der Waals surface area contributed by atoms with Crippen LogP contribution in [-0.2, 0) is 22.1 Å². The van der Waals surface area contributed by atoms with E-state index in [4.69, 9.17) is 4.74 Å². The van der Waals surface area contributed by atoms with Gasteiger partial charge in [-0.3, -0.25) is 4.79 Å². The second-order valence-electron chi connectivity index (χ2n) is 4.72. The lowest BCUT2D eigenvalue weighted by Gasteiger charge is -2.09. The fourth-order valence-electron chi connectivity index (χ4n) is 2.08. The van der Waals surface area contributed by atoms with E-state index in [-0.39, 0.29) is 30.3 Å². The van der Waals surface area contributed by atoms with Crippen molar-refractivity contribution in [3.63, 3.8) is 0 Å². The first-order chi connectivity index (χ1) is 11.4. The van der Waals surface area contributed by atoms with Gasteiger partial charge in [-0.2, -0.15) is 22.7 Å². The molecule has 0 N–H and O–H groups in total. The minimum absolute atomic E-state index is 0.0743. The van der Waals surface area contributed by atoms with Crippen LogP contribution < -0.4 is 0 Å². The van der Waals surface area contributed by atoms with Crippen LogP contribution in [0.25, 0.3) is 16.3 Å². The first kappa shape index (κ1) is 16.4. The van der Waals surface area contributed by atoms with E-state index in [9.17, 15) is 18.0 Å². The lowest BCUT2D eigenvalue weighted by molar-refractivity contribution is -0.143. The molecule has 0 aromatic carbocycles. The Bertz CT molecular complexity index is 874. The molecule has 126 valence electrons. The van der Waals surface area contributed by atoms with Gasteiger partial charge in [0.2, 0.25) is 0 Å². The highest BCUT2D eigenvalue weighted by Crippen LogP contribution is 2.32. The number of aromatic nitrogens is 4. The number of ether oxygens (including phenoxy) is 1. The van der Waals surface area contributed by atoms with Crippen molar-refractivity contribution in [2.24, 2.45) is 0 Å². The molecule has 0 aliphatic heterocycles. The molecule has 3 aromatic heterocycles. The van der Waals surface area contributed by atoms with Crippen LogP contribution >= 0.6 is 11.3 Å². The maximum Gasteiger partial charge on any atom is 0.433 e. The van der Waals surface area contributed by atoms with E-state index in [1.165, 1.54) is 11.3 Å². The lowest BCUT2D eigenvalue weighted by atomic mass is 10.3. The number of nitrogens with zero attached hydrogens (tertiary/aromatic N) is 4. The second kappa shape index (κ2) is 6.19. The average Bonchev–Trinajstić information content (AvgIpc) is 3.13. The summed E-state index contributed by atoms with van der Waals surface area (Å²) in [7, 11) is 0. The predicted octanol–water partition coefficient (Wildman–Crippen LogP) is 2.98. The van der Waals surface area contributed by atoms with Crippen molar-refractivity contribution in [2.75, 3.05) is 6.61 Å². The predicted molar refractivity (Wildman–Crippen MR) is 79.4 cm³/mol. The highest BCUT2D eigenvalue weighted by Gasteiger charge is 2.36. The van der Waals surface area contributed by atoms with Crippen LogP contribution in [0.5, 0.6) is 0 Å². The van der Waals surface area contributed by atoms with E-state index < -0.39 is 17.8 Å². The summed E-state index contributed by atoms with van der Waals surface area (Å²) < 4.78 is 45.3. The van der Waals surface area contributed by atoms with Crippen LogP contribution in [0.4, 0.5) is 13.2 Å². The van der Waals surface area contributed by atoms with E-state index in [0.717, 1.165) is 6.07 Å². The van der Waals surface area contributed by atoms with Crippen molar-refractivity contribution in [2.45, 2.75) is 19.5 Å². The molecule has 3 rings (SSSR count). The fourth-order valence-corrected chi connectivity index (χ4v) is 2.76. The zero-order valence-electron chi connectivity index (χ0n) is 12.4. The van der Waals surface area contributed by atoms with Crippen molar-refractivity contribution >= 4 is 23.1 Å². The summed E-state index contributed by atoms with van der Waals surface area (Å²) in [6.07, 6.45) is -4.95. The molecule has 0 unspecified atom stereocenters. The van der Waals surface area contributed by atoms with Crippen molar-refractivity contribution in [1.29, 1.82) is 0 Å². The quantitative estimate of drug-likeness (QED) is 0.672. The van der Waals surface area contributed by atoms with E-state index in [1.807, 2.05) is 0 Å². The third-order valence-electron chi connectivity index (χ3n) is 3.03. The number of carbonyl (C=O) groups is 1. The summed E-state index contributed by atoms with van der Waals surface area (Å²) in [6, 6.07) is 4.30. The average molecular weight is 356 g/mol. The molecular formula is C14H11F3N4O2S. The lowest BCUT2D eigenvalue weighted by Crippen LogP contribution is -2.14. The highest BCUT2D eigenvalue weighted by molar-refractivity contribution is 7.13. The van der Waals surface area contributed by atoms with Crippen molar-refractivity contribution in [3.8, 4) is 10.6 Å². The van der Waals surface area contributed by atoms with E-state index >= 15 is 0 Å². The molecule has 3 aromatic rings. The van der Waals surface area contributed by atoms with Gasteiger partial charge in [0, 0.05) is 0 Å². The normalized spacial score (nSPS) is 11.8. The number of alkyl halides is 3. The maximum absolute atomic E-state index is 13.3. The summed E-state index contributed by atoms with van der Waals surface area (Å²) >= 11 is 1.27. The minimum Gasteiger partial charge on any atom is -0.466 e. The van der Waals surface area contributed by atoms with Crippen molar-refractivity contribution in [3.05, 3.63) is 35.1 Å². The van der Waals surface area contributed by atoms with Gasteiger partial charge in [-0.15, -0.1) is 16.4 Å². The van der Waals surface area contributed by atoms with Gasteiger partial charge in [0.25, 0.3) is 5.78 Å². The minimum atomic E-state index is -4.64. The van der Waals surface area contributed by atoms with Crippen LogP contribution in [0.1, 0.15) is 18.4 Å². The Kier molecular flexibility index (Phi) is 4.22. The molecule has 0 saturated heterocycles. The van der Waals surface area contributed by atoms with Gasteiger partial charge in [0.15, 0.2) is 11.5 Å².